The lowest BCUT2D eigenvalue weighted by Crippen LogP contribution is -2.31. The van der Waals surface area contributed by atoms with E-state index in [1.807, 2.05) is 32.9 Å². The smallest absolute Gasteiger partial charge is 0.293 e. The van der Waals surface area contributed by atoms with Crippen molar-refractivity contribution >= 4 is 29.0 Å². The van der Waals surface area contributed by atoms with Crippen LogP contribution >= 0.6 is 11.8 Å². The topological polar surface area (TPSA) is 46.6 Å². The highest BCUT2D eigenvalue weighted by Gasteiger charge is 2.35. The summed E-state index contributed by atoms with van der Waals surface area (Å²) in [5.41, 5.74) is 3.07. The fourth-order valence-electron chi connectivity index (χ4n) is 2.66. The van der Waals surface area contributed by atoms with Crippen molar-refractivity contribution < 1.29 is 14.3 Å². The number of rotatable bonds is 5. The SMILES string of the molecule is COc1cc(C)c(/C=C2\SC(=O)N(CC(C)C)C2=O)cc1C(C)C. The first kappa shape index (κ1) is 18.6. The van der Waals surface area contributed by atoms with Gasteiger partial charge in [-0.15, -0.1) is 0 Å². The molecule has 0 unspecified atom stereocenters. The fraction of sp³-hybridized carbons (Fsp3) is 0.474. The van der Waals surface area contributed by atoms with Crippen LogP contribution in [0.3, 0.4) is 0 Å². The molecule has 2 rings (SSSR count). The average molecular weight is 347 g/mol. The predicted octanol–water partition coefficient (Wildman–Crippen LogP) is 4.82. The van der Waals surface area contributed by atoms with E-state index in [1.54, 1.807) is 7.11 Å². The number of carbonyl (C=O) groups excluding carboxylic acids is 2. The molecule has 130 valence electrons. The van der Waals surface area contributed by atoms with Crippen LogP contribution in [0.2, 0.25) is 0 Å². The Morgan fingerprint density at radius 2 is 1.88 bits per heavy atom. The van der Waals surface area contributed by atoms with Crippen LogP contribution in [0.5, 0.6) is 5.75 Å². The van der Waals surface area contributed by atoms with E-state index in [4.69, 9.17) is 4.74 Å². The first-order chi connectivity index (χ1) is 11.2. The van der Waals surface area contributed by atoms with Crippen LogP contribution in [0.25, 0.3) is 6.08 Å². The van der Waals surface area contributed by atoms with Gasteiger partial charge in [-0.05, 0) is 65.4 Å². The van der Waals surface area contributed by atoms with E-state index >= 15 is 0 Å². The Morgan fingerprint density at radius 1 is 1.21 bits per heavy atom. The van der Waals surface area contributed by atoms with Gasteiger partial charge in [-0.1, -0.05) is 27.7 Å². The number of benzene rings is 1. The van der Waals surface area contributed by atoms with E-state index < -0.39 is 0 Å². The zero-order chi connectivity index (χ0) is 18.0. The lowest BCUT2D eigenvalue weighted by molar-refractivity contribution is -0.123. The Bertz CT molecular complexity index is 692. The van der Waals surface area contributed by atoms with Gasteiger partial charge in [-0.2, -0.15) is 0 Å². The minimum Gasteiger partial charge on any atom is -0.496 e. The Morgan fingerprint density at radius 3 is 2.42 bits per heavy atom. The molecule has 4 nitrogen and oxygen atoms in total. The molecular formula is C19H25NO3S. The van der Waals surface area contributed by atoms with Crippen molar-refractivity contribution in [2.75, 3.05) is 13.7 Å². The molecule has 1 aromatic rings. The van der Waals surface area contributed by atoms with E-state index in [1.165, 1.54) is 4.90 Å². The van der Waals surface area contributed by atoms with Gasteiger partial charge < -0.3 is 4.74 Å². The Hall–Kier alpha value is -1.75. The van der Waals surface area contributed by atoms with E-state index in [0.717, 1.165) is 34.2 Å². The molecule has 1 aliphatic rings. The number of hydrogen-bond donors (Lipinski definition) is 0. The Labute approximate surface area is 148 Å². The number of ether oxygens (including phenoxy) is 1. The molecule has 1 aliphatic heterocycles. The third-order valence-electron chi connectivity index (χ3n) is 3.95. The molecule has 0 spiro atoms. The van der Waals surface area contributed by atoms with Crippen molar-refractivity contribution in [1.82, 2.24) is 4.90 Å². The maximum Gasteiger partial charge on any atom is 0.293 e. The molecule has 1 saturated heterocycles. The fourth-order valence-corrected chi connectivity index (χ4v) is 3.50. The van der Waals surface area contributed by atoms with Gasteiger partial charge in [0.15, 0.2) is 0 Å². The van der Waals surface area contributed by atoms with E-state index in [2.05, 4.69) is 19.9 Å². The second-order valence-electron chi connectivity index (χ2n) is 6.79. The molecule has 0 aliphatic carbocycles. The summed E-state index contributed by atoms with van der Waals surface area (Å²) >= 11 is 1.02. The third kappa shape index (κ3) is 3.83. The number of methoxy groups -OCH3 is 1. The zero-order valence-corrected chi connectivity index (χ0v) is 16.0. The van der Waals surface area contributed by atoms with Crippen LogP contribution in [0.4, 0.5) is 4.79 Å². The normalized spacial score (nSPS) is 16.8. The highest BCUT2D eigenvalue weighted by Crippen LogP contribution is 2.35. The highest BCUT2D eigenvalue weighted by atomic mass is 32.2. The number of amides is 2. The highest BCUT2D eigenvalue weighted by molar-refractivity contribution is 8.18. The average Bonchev–Trinajstić information content (AvgIpc) is 2.75. The first-order valence-corrected chi connectivity index (χ1v) is 9.00. The van der Waals surface area contributed by atoms with E-state index in [-0.39, 0.29) is 17.1 Å². The molecule has 0 aromatic heterocycles. The minimum absolute atomic E-state index is 0.185. The van der Waals surface area contributed by atoms with Gasteiger partial charge in [0.1, 0.15) is 5.75 Å². The quantitative estimate of drug-likeness (QED) is 0.717. The predicted molar refractivity (Wildman–Crippen MR) is 99.3 cm³/mol. The van der Waals surface area contributed by atoms with Gasteiger partial charge in [0.05, 0.1) is 12.0 Å². The molecule has 1 fully saturated rings. The lowest BCUT2D eigenvalue weighted by atomic mass is 9.96. The molecule has 0 N–H and O–H groups in total. The van der Waals surface area contributed by atoms with Crippen LogP contribution in [-0.2, 0) is 4.79 Å². The van der Waals surface area contributed by atoms with Crippen molar-refractivity contribution in [3.05, 3.63) is 33.7 Å². The van der Waals surface area contributed by atoms with Crippen molar-refractivity contribution in [2.45, 2.75) is 40.5 Å². The Balaban J connectivity index is 2.39. The summed E-state index contributed by atoms with van der Waals surface area (Å²) in [5, 5.41) is -0.185. The van der Waals surface area contributed by atoms with Gasteiger partial charge in [0, 0.05) is 6.54 Å². The molecule has 2 amide bonds. The molecule has 0 bridgehead atoms. The van der Waals surface area contributed by atoms with Crippen molar-refractivity contribution in [3.8, 4) is 5.75 Å². The van der Waals surface area contributed by atoms with E-state index in [9.17, 15) is 9.59 Å². The second kappa shape index (κ2) is 7.43. The van der Waals surface area contributed by atoms with Gasteiger partial charge >= 0.3 is 0 Å². The van der Waals surface area contributed by atoms with Crippen molar-refractivity contribution in [3.63, 3.8) is 0 Å². The molecule has 5 heteroatoms. The molecule has 0 saturated carbocycles. The Kier molecular flexibility index (Phi) is 5.75. The zero-order valence-electron chi connectivity index (χ0n) is 15.2. The van der Waals surface area contributed by atoms with Crippen molar-refractivity contribution in [2.24, 2.45) is 5.92 Å². The number of aryl methyl sites for hydroxylation is 1. The van der Waals surface area contributed by atoms with Crippen LogP contribution in [0, 0.1) is 12.8 Å². The number of thioether (sulfide) groups is 1. The first-order valence-electron chi connectivity index (χ1n) is 8.18. The summed E-state index contributed by atoms with van der Waals surface area (Å²) in [5.74, 6) is 1.23. The van der Waals surface area contributed by atoms with Crippen LogP contribution in [-0.4, -0.2) is 29.7 Å². The number of imide groups is 1. The van der Waals surface area contributed by atoms with Crippen LogP contribution in [0.15, 0.2) is 17.0 Å². The summed E-state index contributed by atoms with van der Waals surface area (Å²) in [7, 11) is 1.66. The molecule has 0 atom stereocenters. The monoisotopic (exact) mass is 347 g/mol. The molecular weight excluding hydrogens is 322 g/mol. The molecule has 1 heterocycles. The maximum absolute atomic E-state index is 12.5. The van der Waals surface area contributed by atoms with Gasteiger partial charge in [-0.25, -0.2) is 0 Å². The lowest BCUT2D eigenvalue weighted by Gasteiger charge is -2.15. The summed E-state index contributed by atoms with van der Waals surface area (Å²) in [6, 6.07) is 4.04. The van der Waals surface area contributed by atoms with E-state index in [0.29, 0.717) is 17.4 Å². The number of nitrogens with zero attached hydrogens (tertiary/aromatic N) is 1. The largest absolute Gasteiger partial charge is 0.496 e. The minimum atomic E-state index is -0.194. The van der Waals surface area contributed by atoms with Gasteiger partial charge in [-0.3, -0.25) is 14.5 Å². The summed E-state index contributed by atoms with van der Waals surface area (Å²) in [6.45, 7) is 10.6. The van der Waals surface area contributed by atoms with Gasteiger partial charge in [0.25, 0.3) is 11.1 Å². The molecule has 24 heavy (non-hydrogen) atoms. The van der Waals surface area contributed by atoms with Gasteiger partial charge in [0.2, 0.25) is 0 Å². The summed E-state index contributed by atoms with van der Waals surface area (Å²) in [6.07, 6.45) is 1.83. The number of hydrogen-bond acceptors (Lipinski definition) is 4. The van der Waals surface area contributed by atoms with Crippen LogP contribution in [0.1, 0.15) is 50.3 Å². The summed E-state index contributed by atoms with van der Waals surface area (Å²) in [4.78, 5) is 26.4. The molecule has 1 aromatic carbocycles. The van der Waals surface area contributed by atoms with Crippen LogP contribution < -0.4 is 4.74 Å². The third-order valence-corrected chi connectivity index (χ3v) is 4.86. The summed E-state index contributed by atoms with van der Waals surface area (Å²) < 4.78 is 5.46. The second-order valence-corrected chi connectivity index (χ2v) is 7.78. The molecule has 0 radical (unpaired) electrons. The standard InChI is InChI=1S/C19H25NO3S/c1-11(2)10-20-18(21)17(24-19(20)22)9-14-8-15(12(3)4)16(23-6)7-13(14)5/h7-9,11-12H,10H2,1-6H3/b17-9-. The maximum atomic E-state index is 12.5. The van der Waals surface area contributed by atoms with Crippen molar-refractivity contribution in [1.29, 1.82) is 0 Å². The number of carbonyl (C=O) groups is 2.